The van der Waals surface area contributed by atoms with Gasteiger partial charge in [-0.1, -0.05) is 37.3 Å². The van der Waals surface area contributed by atoms with E-state index >= 15 is 0 Å². The highest BCUT2D eigenvalue weighted by Crippen LogP contribution is 2.13. The van der Waals surface area contributed by atoms with Crippen LogP contribution in [0.1, 0.15) is 22.9 Å². The first-order valence-electron chi connectivity index (χ1n) is 7.27. The first-order chi connectivity index (χ1) is 9.78. The number of likely N-dealkylation sites (N-methyl/N-ethyl adjacent to an activating group) is 1. The van der Waals surface area contributed by atoms with Crippen molar-refractivity contribution in [3.8, 4) is 0 Å². The van der Waals surface area contributed by atoms with Gasteiger partial charge in [-0.15, -0.1) is 11.3 Å². The number of benzene rings is 1. The van der Waals surface area contributed by atoms with E-state index in [1.807, 2.05) is 11.3 Å². The Morgan fingerprint density at radius 3 is 2.45 bits per heavy atom. The Morgan fingerprint density at radius 1 is 1.05 bits per heavy atom. The lowest BCUT2D eigenvalue weighted by molar-refractivity contribution is 0.322. The van der Waals surface area contributed by atoms with Crippen LogP contribution in [0.4, 0.5) is 0 Å². The monoisotopic (exact) mass is 288 g/mol. The molecule has 0 bridgehead atoms. The molecule has 0 amide bonds. The van der Waals surface area contributed by atoms with Gasteiger partial charge in [0.05, 0.1) is 0 Å². The van der Waals surface area contributed by atoms with Gasteiger partial charge in [0.1, 0.15) is 0 Å². The minimum absolute atomic E-state index is 1.01. The van der Waals surface area contributed by atoms with Crippen LogP contribution >= 0.6 is 11.3 Å². The Hall–Kier alpha value is -1.16. The molecule has 1 N–H and O–H groups in total. The molecular formula is C17H24N2S. The van der Waals surface area contributed by atoms with Gasteiger partial charge in [0, 0.05) is 18.0 Å². The first kappa shape index (κ1) is 15.2. The topological polar surface area (TPSA) is 15.3 Å². The molecule has 0 aliphatic rings. The number of nitrogens with zero attached hydrogens (tertiary/aromatic N) is 1. The fourth-order valence-electron chi connectivity index (χ4n) is 2.26. The highest BCUT2D eigenvalue weighted by Gasteiger charge is 2.03. The lowest BCUT2D eigenvalue weighted by Crippen LogP contribution is -2.17. The summed E-state index contributed by atoms with van der Waals surface area (Å²) in [5, 5.41) is 5.50. The van der Waals surface area contributed by atoms with E-state index in [1.54, 1.807) is 0 Å². The zero-order valence-electron chi connectivity index (χ0n) is 12.4. The van der Waals surface area contributed by atoms with Crippen LogP contribution in [0, 0.1) is 0 Å². The molecule has 0 unspecified atom stereocenters. The second kappa shape index (κ2) is 8.20. The largest absolute Gasteiger partial charge is 0.317 e. The lowest BCUT2D eigenvalue weighted by Gasteiger charge is -2.16. The van der Waals surface area contributed by atoms with Crippen molar-refractivity contribution < 1.29 is 0 Å². The van der Waals surface area contributed by atoms with Gasteiger partial charge in [-0.25, -0.2) is 0 Å². The molecular weight excluding hydrogens is 264 g/mol. The molecule has 0 saturated heterocycles. The average Bonchev–Trinajstić information content (AvgIpc) is 2.94. The summed E-state index contributed by atoms with van der Waals surface area (Å²) in [5.74, 6) is 0. The third-order valence-electron chi connectivity index (χ3n) is 3.32. The van der Waals surface area contributed by atoms with Gasteiger partial charge >= 0.3 is 0 Å². The second-order valence-electron chi connectivity index (χ2n) is 5.17. The number of nitrogens with one attached hydrogen (secondary N) is 1. The van der Waals surface area contributed by atoms with Crippen molar-refractivity contribution in [3.05, 3.63) is 57.8 Å². The van der Waals surface area contributed by atoms with E-state index in [0.29, 0.717) is 0 Å². The highest BCUT2D eigenvalue weighted by atomic mass is 32.1. The van der Waals surface area contributed by atoms with E-state index in [9.17, 15) is 0 Å². The van der Waals surface area contributed by atoms with Gasteiger partial charge in [-0.3, -0.25) is 4.90 Å². The minimum Gasteiger partial charge on any atom is -0.317 e. The molecule has 3 heteroatoms. The third-order valence-corrected chi connectivity index (χ3v) is 4.18. The summed E-state index contributed by atoms with van der Waals surface area (Å²) in [5.41, 5.74) is 2.80. The number of rotatable bonds is 8. The maximum absolute atomic E-state index is 3.36. The van der Waals surface area contributed by atoms with Crippen LogP contribution < -0.4 is 5.32 Å². The third kappa shape index (κ3) is 5.08. The summed E-state index contributed by atoms with van der Waals surface area (Å²) in [6.45, 7) is 6.29. The zero-order valence-corrected chi connectivity index (χ0v) is 13.2. The molecule has 0 radical (unpaired) electrons. The van der Waals surface area contributed by atoms with E-state index in [1.165, 1.54) is 16.0 Å². The predicted molar refractivity (Wildman–Crippen MR) is 88.2 cm³/mol. The molecule has 0 spiro atoms. The van der Waals surface area contributed by atoms with E-state index < -0.39 is 0 Å². The molecule has 1 aromatic carbocycles. The Kier molecular flexibility index (Phi) is 6.25. The van der Waals surface area contributed by atoms with Gasteiger partial charge in [0.15, 0.2) is 0 Å². The van der Waals surface area contributed by atoms with E-state index in [2.05, 4.69) is 66.0 Å². The summed E-state index contributed by atoms with van der Waals surface area (Å²) in [6.07, 6.45) is 1.11. The first-order valence-corrected chi connectivity index (χ1v) is 8.15. The van der Waals surface area contributed by atoms with Gasteiger partial charge < -0.3 is 5.32 Å². The van der Waals surface area contributed by atoms with Gasteiger partial charge in [0.2, 0.25) is 0 Å². The summed E-state index contributed by atoms with van der Waals surface area (Å²) in [6, 6.07) is 13.3. The SMILES string of the molecule is CCNCCc1ccc(CN(C)Cc2cccs2)cc1. The Labute approximate surface area is 126 Å². The molecule has 0 aliphatic heterocycles. The normalized spacial score (nSPS) is 11.2. The van der Waals surface area contributed by atoms with Crippen LogP contribution in [0.2, 0.25) is 0 Å². The van der Waals surface area contributed by atoms with Crippen LogP contribution in [-0.4, -0.2) is 25.0 Å². The maximum atomic E-state index is 3.36. The van der Waals surface area contributed by atoms with E-state index in [0.717, 1.165) is 32.6 Å². The molecule has 0 aliphatic carbocycles. The summed E-state index contributed by atoms with van der Waals surface area (Å²) >= 11 is 1.83. The van der Waals surface area contributed by atoms with Crippen LogP contribution in [0.25, 0.3) is 0 Å². The minimum atomic E-state index is 1.01. The van der Waals surface area contributed by atoms with Crippen molar-refractivity contribution in [2.75, 3.05) is 20.1 Å². The van der Waals surface area contributed by atoms with Crippen LogP contribution in [-0.2, 0) is 19.5 Å². The molecule has 20 heavy (non-hydrogen) atoms. The van der Waals surface area contributed by atoms with Crippen molar-refractivity contribution >= 4 is 11.3 Å². The summed E-state index contributed by atoms with van der Waals surface area (Å²) in [7, 11) is 2.18. The smallest absolute Gasteiger partial charge is 0.0328 e. The predicted octanol–water partition coefficient (Wildman–Crippen LogP) is 3.53. The maximum Gasteiger partial charge on any atom is 0.0328 e. The Bertz CT molecular complexity index is 476. The lowest BCUT2D eigenvalue weighted by atomic mass is 10.1. The van der Waals surface area contributed by atoms with Crippen LogP contribution in [0.5, 0.6) is 0 Å². The second-order valence-corrected chi connectivity index (χ2v) is 6.20. The Morgan fingerprint density at radius 2 is 1.80 bits per heavy atom. The molecule has 108 valence electrons. The molecule has 1 heterocycles. The number of hydrogen-bond acceptors (Lipinski definition) is 3. The molecule has 0 saturated carbocycles. The van der Waals surface area contributed by atoms with E-state index in [-0.39, 0.29) is 0 Å². The molecule has 2 aromatic rings. The fourth-order valence-corrected chi connectivity index (χ4v) is 3.04. The van der Waals surface area contributed by atoms with Crippen LogP contribution in [0.3, 0.4) is 0 Å². The van der Waals surface area contributed by atoms with Crippen molar-refractivity contribution in [2.45, 2.75) is 26.4 Å². The Balaban J connectivity index is 1.80. The summed E-state index contributed by atoms with van der Waals surface area (Å²) in [4.78, 5) is 3.79. The van der Waals surface area contributed by atoms with Crippen molar-refractivity contribution in [3.63, 3.8) is 0 Å². The number of thiophene rings is 1. The quantitative estimate of drug-likeness (QED) is 0.748. The van der Waals surface area contributed by atoms with Crippen molar-refractivity contribution in [1.82, 2.24) is 10.2 Å². The summed E-state index contributed by atoms with van der Waals surface area (Å²) < 4.78 is 0. The van der Waals surface area contributed by atoms with Crippen molar-refractivity contribution in [2.24, 2.45) is 0 Å². The molecule has 2 nitrogen and oxygen atoms in total. The highest BCUT2D eigenvalue weighted by molar-refractivity contribution is 7.09. The van der Waals surface area contributed by atoms with Gasteiger partial charge in [0.25, 0.3) is 0 Å². The van der Waals surface area contributed by atoms with Crippen molar-refractivity contribution in [1.29, 1.82) is 0 Å². The average molecular weight is 288 g/mol. The zero-order chi connectivity index (χ0) is 14.2. The van der Waals surface area contributed by atoms with Gasteiger partial charge in [-0.2, -0.15) is 0 Å². The molecule has 1 aromatic heterocycles. The standard InChI is InChI=1S/C17H24N2S/c1-3-18-11-10-15-6-8-16(9-7-15)13-19(2)14-17-5-4-12-20-17/h4-9,12,18H,3,10-11,13-14H2,1-2H3. The molecule has 2 rings (SSSR count). The fraction of sp³-hybridized carbons (Fsp3) is 0.412. The molecule has 0 atom stereocenters. The van der Waals surface area contributed by atoms with Crippen LogP contribution in [0.15, 0.2) is 41.8 Å². The van der Waals surface area contributed by atoms with E-state index in [4.69, 9.17) is 0 Å². The molecule has 0 fully saturated rings. The number of hydrogen-bond donors (Lipinski definition) is 1. The van der Waals surface area contributed by atoms with Gasteiger partial charge in [-0.05, 0) is 49.1 Å².